The highest BCUT2D eigenvalue weighted by Gasteiger charge is 2.24. The van der Waals surface area contributed by atoms with Gasteiger partial charge in [-0.2, -0.15) is 0 Å². The lowest BCUT2D eigenvalue weighted by Gasteiger charge is -2.18. The number of amides is 2. The molecule has 3 rings (SSSR count). The van der Waals surface area contributed by atoms with Gasteiger partial charge in [0, 0.05) is 0 Å². The van der Waals surface area contributed by atoms with E-state index in [4.69, 9.17) is 4.74 Å². The molecular weight excluding hydrogens is 362 g/mol. The van der Waals surface area contributed by atoms with Crippen molar-refractivity contribution >= 4 is 35.0 Å². The molecule has 0 aromatic heterocycles. The van der Waals surface area contributed by atoms with Gasteiger partial charge in [0.25, 0.3) is 11.1 Å². The summed E-state index contributed by atoms with van der Waals surface area (Å²) in [5.74, 6) is -0.432. The fourth-order valence-corrected chi connectivity index (χ4v) is 3.16. The Labute approximate surface area is 161 Å². The van der Waals surface area contributed by atoms with Crippen LogP contribution >= 0.6 is 11.8 Å². The fourth-order valence-electron chi connectivity index (χ4n) is 2.48. The van der Waals surface area contributed by atoms with Gasteiger partial charge in [0.1, 0.15) is 5.75 Å². The van der Waals surface area contributed by atoms with Crippen molar-refractivity contribution < 1.29 is 19.1 Å². The molecule has 1 fully saturated rings. The number of benzene rings is 2. The molecular formula is C21H19NO4S. The highest BCUT2D eigenvalue weighted by Crippen LogP contribution is 2.26. The minimum absolute atomic E-state index is 0.0197. The predicted molar refractivity (Wildman–Crippen MR) is 106 cm³/mol. The topological polar surface area (TPSA) is 72.5 Å². The summed E-state index contributed by atoms with van der Waals surface area (Å²) >= 11 is 0.860. The van der Waals surface area contributed by atoms with Crippen molar-refractivity contribution in [2.45, 2.75) is 26.2 Å². The van der Waals surface area contributed by atoms with Crippen LogP contribution in [0.1, 0.15) is 42.3 Å². The Bertz CT molecular complexity index is 922. The maximum Gasteiger partial charge on any atom is 0.343 e. The summed E-state index contributed by atoms with van der Waals surface area (Å²) in [6.07, 6.45) is 1.61. The Morgan fingerprint density at radius 2 is 1.63 bits per heavy atom. The summed E-state index contributed by atoms with van der Waals surface area (Å²) in [6, 6.07) is 14.1. The summed E-state index contributed by atoms with van der Waals surface area (Å²) in [4.78, 5) is 35.4. The first-order valence-electron chi connectivity index (χ1n) is 8.40. The van der Waals surface area contributed by atoms with Gasteiger partial charge in [-0.25, -0.2) is 4.79 Å². The van der Waals surface area contributed by atoms with Gasteiger partial charge >= 0.3 is 5.97 Å². The van der Waals surface area contributed by atoms with Crippen LogP contribution in [0, 0.1) is 0 Å². The molecule has 1 saturated heterocycles. The Morgan fingerprint density at radius 1 is 1.00 bits per heavy atom. The molecule has 0 aliphatic carbocycles. The van der Waals surface area contributed by atoms with Crippen LogP contribution in [0.3, 0.4) is 0 Å². The highest BCUT2D eigenvalue weighted by atomic mass is 32.2. The zero-order valence-corrected chi connectivity index (χ0v) is 16.1. The van der Waals surface area contributed by atoms with Crippen LogP contribution in [0.4, 0.5) is 4.79 Å². The average molecular weight is 381 g/mol. The van der Waals surface area contributed by atoms with E-state index in [2.05, 4.69) is 26.1 Å². The van der Waals surface area contributed by atoms with Crippen molar-refractivity contribution in [1.29, 1.82) is 0 Å². The number of carbonyl (C=O) groups is 3. The van der Waals surface area contributed by atoms with Crippen LogP contribution < -0.4 is 10.1 Å². The van der Waals surface area contributed by atoms with E-state index < -0.39 is 11.9 Å². The van der Waals surface area contributed by atoms with Crippen molar-refractivity contribution in [2.24, 2.45) is 0 Å². The molecule has 6 heteroatoms. The quantitative estimate of drug-likeness (QED) is 0.480. The largest absolute Gasteiger partial charge is 0.423 e. The molecule has 0 saturated carbocycles. The molecule has 27 heavy (non-hydrogen) atoms. The average Bonchev–Trinajstić information content (AvgIpc) is 2.93. The minimum Gasteiger partial charge on any atom is -0.423 e. The van der Waals surface area contributed by atoms with Crippen LogP contribution in [-0.2, 0) is 10.2 Å². The van der Waals surface area contributed by atoms with E-state index in [1.165, 1.54) is 0 Å². The molecule has 0 bridgehead atoms. The summed E-state index contributed by atoms with van der Waals surface area (Å²) < 4.78 is 5.39. The van der Waals surface area contributed by atoms with E-state index in [-0.39, 0.29) is 10.7 Å². The first-order valence-corrected chi connectivity index (χ1v) is 9.22. The summed E-state index contributed by atoms with van der Waals surface area (Å²) in [6.45, 7) is 6.34. The second-order valence-electron chi connectivity index (χ2n) is 7.14. The van der Waals surface area contributed by atoms with Crippen LogP contribution in [0.25, 0.3) is 6.08 Å². The van der Waals surface area contributed by atoms with Crippen molar-refractivity contribution in [1.82, 2.24) is 5.32 Å². The summed E-state index contributed by atoms with van der Waals surface area (Å²) in [5, 5.41) is 1.82. The summed E-state index contributed by atoms with van der Waals surface area (Å²) in [7, 11) is 0. The number of carbonyl (C=O) groups excluding carboxylic acids is 3. The lowest BCUT2D eigenvalue weighted by Crippen LogP contribution is -2.17. The maximum atomic E-state index is 12.3. The van der Waals surface area contributed by atoms with E-state index in [1.807, 2.05) is 12.1 Å². The van der Waals surface area contributed by atoms with Crippen molar-refractivity contribution in [2.75, 3.05) is 0 Å². The van der Waals surface area contributed by atoms with Crippen LogP contribution in [0.2, 0.25) is 0 Å². The van der Waals surface area contributed by atoms with Crippen LogP contribution in [0.5, 0.6) is 5.75 Å². The normalized spacial score (nSPS) is 15.7. The standard InChI is InChI=1S/C21H19NO4S/c1-21(2,3)15-8-6-14(7-9-15)19(24)26-16-10-4-13(5-11-16)12-17-18(23)22-20(25)27-17/h4-12H,1-3H3,(H,22,23,25)/b17-12+. The zero-order valence-electron chi connectivity index (χ0n) is 15.2. The number of thioether (sulfide) groups is 1. The number of hydrogen-bond acceptors (Lipinski definition) is 5. The van der Waals surface area contributed by atoms with Gasteiger partial charge < -0.3 is 4.74 Å². The molecule has 0 unspecified atom stereocenters. The van der Waals surface area contributed by atoms with E-state index in [1.54, 1.807) is 42.5 Å². The third-order valence-electron chi connectivity index (χ3n) is 4.02. The first-order chi connectivity index (χ1) is 12.7. The molecule has 2 amide bonds. The molecule has 0 spiro atoms. The number of esters is 1. The van der Waals surface area contributed by atoms with Gasteiger partial charge in [-0.15, -0.1) is 0 Å². The Morgan fingerprint density at radius 3 is 2.15 bits per heavy atom. The second kappa shape index (κ2) is 7.40. The number of rotatable bonds is 3. The third-order valence-corrected chi connectivity index (χ3v) is 4.83. The minimum atomic E-state index is -0.433. The molecule has 1 aliphatic heterocycles. The van der Waals surface area contributed by atoms with Gasteiger partial charge in [0.2, 0.25) is 0 Å². The second-order valence-corrected chi connectivity index (χ2v) is 8.15. The van der Waals surface area contributed by atoms with Gasteiger partial charge in [-0.3, -0.25) is 14.9 Å². The lowest BCUT2D eigenvalue weighted by atomic mass is 9.87. The molecule has 138 valence electrons. The molecule has 1 heterocycles. The Balaban J connectivity index is 1.67. The van der Waals surface area contributed by atoms with Crippen LogP contribution in [-0.4, -0.2) is 17.1 Å². The smallest absolute Gasteiger partial charge is 0.343 e. The molecule has 0 atom stereocenters. The number of nitrogens with one attached hydrogen (secondary N) is 1. The maximum absolute atomic E-state index is 12.3. The van der Waals surface area contributed by atoms with E-state index >= 15 is 0 Å². The van der Waals surface area contributed by atoms with Crippen molar-refractivity contribution in [3.05, 3.63) is 70.1 Å². The number of ether oxygens (including phenoxy) is 1. The SMILES string of the molecule is CC(C)(C)c1ccc(C(=O)Oc2ccc(/C=C3/SC(=O)NC3=O)cc2)cc1. The molecule has 2 aromatic carbocycles. The van der Waals surface area contributed by atoms with Crippen LogP contribution in [0.15, 0.2) is 53.4 Å². The van der Waals surface area contributed by atoms with Gasteiger partial charge in [0.15, 0.2) is 0 Å². The number of imide groups is 1. The molecule has 2 aromatic rings. The van der Waals surface area contributed by atoms with Gasteiger partial charge in [-0.1, -0.05) is 45.0 Å². The van der Waals surface area contributed by atoms with E-state index in [9.17, 15) is 14.4 Å². The monoisotopic (exact) mass is 381 g/mol. The van der Waals surface area contributed by atoms with E-state index in [0.717, 1.165) is 22.9 Å². The highest BCUT2D eigenvalue weighted by molar-refractivity contribution is 8.18. The predicted octanol–water partition coefficient (Wildman–Crippen LogP) is 4.53. The molecule has 0 radical (unpaired) electrons. The van der Waals surface area contributed by atoms with E-state index in [0.29, 0.717) is 16.2 Å². The van der Waals surface area contributed by atoms with Gasteiger partial charge in [0.05, 0.1) is 10.5 Å². The Kier molecular flexibility index (Phi) is 5.19. The van der Waals surface area contributed by atoms with Gasteiger partial charge in [-0.05, 0) is 58.6 Å². The number of hydrogen-bond donors (Lipinski definition) is 1. The molecule has 1 N–H and O–H groups in total. The molecule has 1 aliphatic rings. The molecule has 5 nitrogen and oxygen atoms in total. The third kappa shape index (κ3) is 4.65. The Hall–Kier alpha value is -2.86. The summed E-state index contributed by atoms with van der Waals surface area (Å²) in [5.41, 5.74) is 2.37. The van der Waals surface area contributed by atoms with Crippen molar-refractivity contribution in [3.8, 4) is 5.75 Å². The zero-order chi connectivity index (χ0) is 19.6. The fraction of sp³-hybridized carbons (Fsp3) is 0.190. The van der Waals surface area contributed by atoms with Crippen molar-refractivity contribution in [3.63, 3.8) is 0 Å². The lowest BCUT2D eigenvalue weighted by molar-refractivity contribution is -0.115. The first kappa shape index (κ1) is 18.9.